The quantitative estimate of drug-likeness (QED) is 0.743. The van der Waals surface area contributed by atoms with Gasteiger partial charge in [0.1, 0.15) is 5.75 Å². The molecule has 1 aliphatic carbocycles. The van der Waals surface area contributed by atoms with E-state index in [2.05, 4.69) is 20.7 Å². The number of ether oxygens (including phenoxy) is 1. The van der Waals surface area contributed by atoms with Gasteiger partial charge in [-0.25, -0.2) is 0 Å². The molecule has 1 aromatic rings. The zero-order valence-corrected chi connectivity index (χ0v) is 10.1. The van der Waals surface area contributed by atoms with Crippen LogP contribution in [0.2, 0.25) is 0 Å². The van der Waals surface area contributed by atoms with Crippen LogP contribution in [0.3, 0.4) is 0 Å². The lowest BCUT2D eigenvalue weighted by atomic mass is 9.90. The Balaban J connectivity index is 2.29. The molecule has 0 aliphatic heterocycles. The van der Waals surface area contributed by atoms with E-state index in [-0.39, 0.29) is 16.4 Å². The normalized spacial score (nSPS) is 20.0. The lowest BCUT2D eigenvalue weighted by molar-refractivity contribution is -0.274. The standard InChI is InChI=1S/C11H8BrF3O2/c12-9-4-1-6-5-7(17-11(13,14)15)2-3-8(6)10(9)16/h2-3,5,9H,1,4H2. The number of hydrogen-bond donors (Lipinski definition) is 0. The maximum Gasteiger partial charge on any atom is 0.573 e. The summed E-state index contributed by atoms with van der Waals surface area (Å²) in [5.41, 5.74) is 1.07. The molecule has 1 atom stereocenters. The van der Waals surface area contributed by atoms with Crippen molar-refractivity contribution in [1.29, 1.82) is 0 Å². The SMILES string of the molecule is O=C1c2ccc(OC(F)(F)F)cc2CCC1Br. The van der Waals surface area contributed by atoms with E-state index in [4.69, 9.17) is 0 Å². The molecule has 1 unspecified atom stereocenters. The van der Waals surface area contributed by atoms with Gasteiger partial charge in [0.25, 0.3) is 0 Å². The average Bonchev–Trinajstić information content (AvgIpc) is 2.21. The van der Waals surface area contributed by atoms with E-state index in [0.717, 1.165) is 6.07 Å². The van der Waals surface area contributed by atoms with Crippen molar-refractivity contribution in [2.75, 3.05) is 0 Å². The van der Waals surface area contributed by atoms with Crippen LogP contribution in [0, 0.1) is 0 Å². The third-order valence-electron chi connectivity index (χ3n) is 2.53. The van der Waals surface area contributed by atoms with Gasteiger partial charge >= 0.3 is 6.36 Å². The number of alkyl halides is 4. The second kappa shape index (κ2) is 4.33. The van der Waals surface area contributed by atoms with Gasteiger partial charge in [0, 0.05) is 5.56 Å². The van der Waals surface area contributed by atoms with Gasteiger partial charge in [0.05, 0.1) is 4.83 Å². The number of carbonyl (C=O) groups excluding carboxylic acids is 1. The zero-order chi connectivity index (χ0) is 12.6. The summed E-state index contributed by atoms with van der Waals surface area (Å²) in [4.78, 5) is 11.5. The molecule has 2 rings (SSSR count). The molecule has 2 nitrogen and oxygen atoms in total. The lowest BCUT2D eigenvalue weighted by Gasteiger charge is -2.20. The summed E-state index contributed by atoms with van der Waals surface area (Å²) in [7, 11) is 0. The highest BCUT2D eigenvalue weighted by molar-refractivity contribution is 9.10. The highest BCUT2D eigenvalue weighted by Gasteiger charge is 2.32. The van der Waals surface area contributed by atoms with Gasteiger partial charge in [-0.15, -0.1) is 13.2 Å². The number of benzene rings is 1. The van der Waals surface area contributed by atoms with Gasteiger partial charge in [-0.3, -0.25) is 4.79 Å². The van der Waals surface area contributed by atoms with Crippen LogP contribution in [0.5, 0.6) is 5.75 Å². The van der Waals surface area contributed by atoms with Crippen molar-refractivity contribution in [1.82, 2.24) is 0 Å². The predicted octanol–water partition coefficient (Wildman–Crippen LogP) is 3.48. The Bertz CT molecular complexity index is 457. The number of aryl methyl sites for hydroxylation is 1. The summed E-state index contributed by atoms with van der Waals surface area (Å²) in [6.07, 6.45) is -3.56. The predicted molar refractivity (Wildman–Crippen MR) is 58.5 cm³/mol. The van der Waals surface area contributed by atoms with Gasteiger partial charge in [-0.05, 0) is 36.6 Å². The number of ketones is 1. The van der Waals surface area contributed by atoms with Crippen molar-refractivity contribution in [3.05, 3.63) is 29.3 Å². The first-order valence-electron chi connectivity index (χ1n) is 4.94. The monoisotopic (exact) mass is 308 g/mol. The third kappa shape index (κ3) is 2.80. The third-order valence-corrected chi connectivity index (χ3v) is 3.40. The molecule has 0 fully saturated rings. The molecular weight excluding hydrogens is 301 g/mol. The summed E-state index contributed by atoms with van der Waals surface area (Å²) >= 11 is 3.23. The smallest absolute Gasteiger partial charge is 0.406 e. The first-order chi connectivity index (χ1) is 7.87. The maximum absolute atomic E-state index is 12.0. The van der Waals surface area contributed by atoms with Crippen molar-refractivity contribution >= 4 is 21.7 Å². The van der Waals surface area contributed by atoms with E-state index >= 15 is 0 Å². The molecule has 0 N–H and O–H groups in total. The van der Waals surface area contributed by atoms with Gasteiger partial charge in [0.2, 0.25) is 0 Å². The zero-order valence-electron chi connectivity index (χ0n) is 8.55. The number of hydrogen-bond acceptors (Lipinski definition) is 2. The van der Waals surface area contributed by atoms with Gasteiger partial charge < -0.3 is 4.74 Å². The van der Waals surface area contributed by atoms with E-state index in [1.807, 2.05) is 0 Å². The molecule has 1 aliphatic rings. The molecule has 0 saturated heterocycles. The van der Waals surface area contributed by atoms with E-state index in [9.17, 15) is 18.0 Å². The summed E-state index contributed by atoms with van der Waals surface area (Å²) in [6, 6.07) is 3.82. The highest BCUT2D eigenvalue weighted by atomic mass is 79.9. The van der Waals surface area contributed by atoms with Crippen molar-refractivity contribution in [3.63, 3.8) is 0 Å². The lowest BCUT2D eigenvalue weighted by Crippen LogP contribution is -2.23. The Morgan fingerprint density at radius 1 is 1.35 bits per heavy atom. The molecule has 0 aromatic heterocycles. The fraction of sp³-hybridized carbons (Fsp3) is 0.364. The molecule has 0 amide bonds. The van der Waals surface area contributed by atoms with Crippen molar-refractivity contribution in [3.8, 4) is 5.75 Å². The largest absolute Gasteiger partial charge is 0.573 e. The average molecular weight is 309 g/mol. The second-order valence-corrected chi connectivity index (χ2v) is 4.84. The molecule has 17 heavy (non-hydrogen) atoms. The Morgan fingerprint density at radius 2 is 2.06 bits per heavy atom. The van der Waals surface area contributed by atoms with Crippen LogP contribution in [-0.4, -0.2) is 17.0 Å². The molecule has 0 spiro atoms. The topological polar surface area (TPSA) is 26.3 Å². The number of halogens is 4. The van der Waals surface area contributed by atoms with Crippen molar-refractivity contribution in [2.45, 2.75) is 24.0 Å². The fourth-order valence-electron chi connectivity index (χ4n) is 1.80. The summed E-state index contributed by atoms with van der Waals surface area (Å²) in [6.45, 7) is 0. The molecule has 6 heteroatoms. The van der Waals surface area contributed by atoms with E-state index < -0.39 is 6.36 Å². The van der Waals surface area contributed by atoms with Gasteiger partial charge in [-0.2, -0.15) is 0 Å². The maximum atomic E-state index is 12.0. The molecular formula is C11H8BrF3O2. The van der Waals surface area contributed by atoms with Crippen molar-refractivity contribution in [2.24, 2.45) is 0 Å². The summed E-state index contributed by atoms with van der Waals surface area (Å²) < 4.78 is 39.9. The van der Waals surface area contributed by atoms with Crippen LogP contribution >= 0.6 is 15.9 Å². The van der Waals surface area contributed by atoms with Crippen LogP contribution in [0.1, 0.15) is 22.3 Å². The Morgan fingerprint density at radius 3 is 2.71 bits per heavy atom. The Hall–Kier alpha value is -1.04. The fourth-order valence-corrected chi connectivity index (χ4v) is 2.27. The molecule has 0 heterocycles. The Labute approximate surface area is 104 Å². The molecule has 92 valence electrons. The van der Waals surface area contributed by atoms with Gasteiger partial charge in [0.15, 0.2) is 5.78 Å². The number of carbonyl (C=O) groups is 1. The van der Waals surface area contributed by atoms with E-state index in [1.165, 1.54) is 12.1 Å². The summed E-state index contributed by atoms with van der Waals surface area (Å²) in [5.74, 6) is -0.373. The minimum absolute atomic E-state index is 0.0928. The molecule has 0 radical (unpaired) electrons. The molecule has 1 aromatic carbocycles. The first-order valence-corrected chi connectivity index (χ1v) is 5.85. The summed E-state index contributed by atoms with van der Waals surface area (Å²) in [5, 5.41) is 0. The van der Waals surface area contributed by atoms with E-state index in [1.54, 1.807) is 0 Å². The minimum atomic E-state index is -4.70. The van der Waals surface area contributed by atoms with Crippen LogP contribution in [-0.2, 0) is 6.42 Å². The molecule has 0 saturated carbocycles. The number of rotatable bonds is 1. The van der Waals surface area contributed by atoms with Crippen LogP contribution < -0.4 is 4.74 Å². The minimum Gasteiger partial charge on any atom is -0.406 e. The first kappa shape index (κ1) is 12.4. The van der Waals surface area contributed by atoms with E-state index in [0.29, 0.717) is 24.0 Å². The van der Waals surface area contributed by atoms with Crippen LogP contribution in [0.4, 0.5) is 13.2 Å². The highest BCUT2D eigenvalue weighted by Crippen LogP contribution is 2.30. The number of fused-ring (bicyclic) bond motifs is 1. The van der Waals surface area contributed by atoms with Gasteiger partial charge in [-0.1, -0.05) is 15.9 Å². The Kier molecular flexibility index (Phi) is 3.16. The van der Waals surface area contributed by atoms with Crippen LogP contribution in [0.25, 0.3) is 0 Å². The number of Topliss-reactive ketones (excluding diaryl/α,β-unsaturated/α-hetero) is 1. The molecule has 0 bridgehead atoms. The van der Waals surface area contributed by atoms with Crippen molar-refractivity contribution < 1.29 is 22.7 Å². The van der Waals surface area contributed by atoms with Crippen LogP contribution in [0.15, 0.2) is 18.2 Å². The second-order valence-electron chi connectivity index (χ2n) is 3.74.